The number of Topliss-reactive ketones (excluding diaryl/α,β-unsaturated/α-hetero) is 1. The molecule has 1 aliphatic rings. The maximum absolute atomic E-state index is 11.4. The molecular weight excluding hydrogens is 136 g/mol. The van der Waals surface area contributed by atoms with E-state index in [4.69, 9.17) is 6.42 Å². The highest BCUT2D eigenvalue weighted by Gasteiger charge is 2.33. The van der Waals surface area contributed by atoms with E-state index in [-0.39, 0.29) is 5.41 Å². The number of terminal acetylenes is 1. The summed E-state index contributed by atoms with van der Waals surface area (Å²) in [6.45, 7) is 1.99. The van der Waals surface area contributed by atoms with Crippen LogP contribution in [0.3, 0.4) is 0 Å². The second-order valence-electron chi connectivity index (χ2n) is 3.57. The van der Waals surface area contributed by atoms with Crippen LogP contribution in [0.1, 0.15) is 39.0 Å². The average Bonchev–Trinajstić information content (AvgIpc) is 1.96. The molecule has 0 N–H and O–H groups in total. The molecular formula is C10H14O. The van der Waals surface area contributed by atoms with Crippen molar-refractivity contribution in [3.8, 4) is 12.3 Å². The number of hydrogen-bond acceptors (Lipinski definition) is 1. The van der Waals surface area contributed by atoms with Crippen LogP contribution in [-0.2, 0) is 4.79 Å². The van der Waals surface area contributed by atoms with Crippen molar-refractivity contribution in [2.45, 2.75) is 39.0 Å². The van der Waals surface area contributed by atoms with Gasteiger partial charge in [0, 0.05) is 18.3 Å². The van der Waals surface area contributed by atoms with Crippen molar-refractivity contribution in [3.63, 3.8) is 0 Å². The number of carbonyl (C=O) groups is 1. The standard InChI is InChI=1S/C10H14O/c1-3-7-10(2)8-5-4-6-9(10)11/h1H,4-8H2,2H3/t10-/m0/s1. The molecule has 0 aromatic carbocycles. The molecule has 1 rings (SSSR count). The second-order valence-corrected chi connectivity index (χ2v) is 3.57. The zero-order valence-corrected chi connectivity index (χ0v) is 7.02. The molecule has 0 saturated heterocycles. The molecule has 0 bridgehead atoms. The Morgan fingerprint density at radius 2 is 2.36 bits per heavy atom. The molecule has 1 saturated carbocycles. The topological polar surface area (TPSA) is 17.1 Å². The van der Waals surface area contributed by atoms with Crippen molar-refractivity contribution in [3.05, 3.63) is 0 Å². The Balaban J connectivity index is 2.66. The lowest BCUT2D eigenvalue weighted by Gasteiger charge is -2.29. The molecule has 0 aliphatic heterocycles. The van der Waals surface area contributed by atoms with Gasteiger partial charge in [0.1, 0.15) is 5.78 Å². The molecule has 1 atom stereocenters. The van der Waals surface area contributed by atoms with Gasteiger partial charge in [-0.2, -0.15) is 0 Å². The molecule has 0 radical (unpaired) electrons. The molecule has 0 heterocycles. The molecule has 11 heavy (non-hydrogen) atoms. The van der Waals surface area contributed by atoms with Crippen LogP contribution in [0.2, 0.25) is 0 Å². The molecule has 0 unspecified atom stereocenters. The van der Waals surface area contributed by atoms with Gasteiger partial charge in [0.05, 0.1) is 0 Å². The monoisotopic (exact) mass is 150 g/mol. The van der Waals surface area contributed by atoms with E-state index in [2.05, 4.69) is 5.92 Å². The fraction of sp³-hybridized carbons (Fsp3) is 0.700. The van der Waals surface area contributed by atoms with Crippen LogP contribution in [0.5, 0.6) is 0 Å². The first-order valence-electron chi connectivity index (χ1n) is 4.16. The summed E-state index contributed by atoms with van der Waals surface area (Å²) in [6, 6.07) is 0. The third-order valence-corrected chi connectivity index (χ3v) is 2.55. The van der Waals surface area contributed by atoms with Crippen molar-refractivity contribution >= 4 is 5.78 Å². The van der Waals surface area contributed by atoms with Crippen LogP contribution in [0.4, 0.5) is 0 Å². The molecule has 1 nitrogen and oxygen atoms in total. The summed E-state index contributed by atoms with van der Waals surface area (Å²) in [5.41, 5.74) is -0.188. The summed E-state index contributed by atoms with van der Waals surface area (Å²) in [7, 11) is 0. The molecule has 0 aromatic heterocycles. The summed E-state index contributed by atoms with van der Waals surface area (Å²) in [5, 5.41) is 0. The average molecular weight is 150 g/mol. The van der Waals surface area contributed by atoms with Gasteiger partial charge in [-0.1, -0.05) is 13.3 Å². The third kappa shape index (κ3) is 1.63. The van der Waals surface area contributed by atoms with E-state index in [9.17, 15) is 4.79 Å². The van der Waals surface area contributed by atoms with Crippen LogP contribution in [0, 0.1) is 17.8 Å². The van der Waals surface area contributed by atoms with E-state index in [1.807, 2.05) is 6.92 Å². The number of carbonyl (C=O) groups excluding carboxylic acids is 1. The van der Waals surface area contributed by atoms with E-state index in [0.29, 0.717) is 12.2 Å². The normalized spacial score (nSPS) is 31.5. The Kier molecular flexibility index (Phi) is 2.34. The highest BCUT2D eigenvalue weighted by atomic mass is 16.1. The van der Waals surface area contributed by atoms with Gasteiger partial charge >= 0.3 is 0 Å². The minimum absolute atomic E-state index is 0.188. The Morgan fingerprint density at radius 3 is 2.91 bits per heavy atom. The molecule has 1 aliphatic carbocycles. The molecule has 60 valence electrons. The summed E-state index contributed by atoms with van der Waals surface area (Å²) in [6.07, 6.45) is 9.75. The van der Waals surface area contributed by atoms with E-state index in [0.717, 1.165) is 25.7 Å². The molecule has 0 aromatic rings. The van der Waals surface area contributed by atoms with E-state index < -0.39 is 0 Å². The SMILES string of the molecule is C#CC[C@@]1(C)CCCCC1=O. The minimum atomic E-state index is -0.188. The minimum Gasteiger partial charge on any atom is -0.299 e. The Bertz CT molecular complexity index is 199. The molecule has 0 spiro atoms. The van der Waals surface area contributed by atoms with Crippen molar-refractivity contribution < 1.29 is 4.79 Å². The zero-order valence-electron chi connectivity index (χ0n) is 7.02. The predicted molar refractivity (Wildman–Crippen MR) is 45.0 cm³/mol. The summed E-state index contributed by atoms with van der Waals surface area (Å²) in [5.74, 6) is 2.95. The highest BCUT2D eigenvalue weighted by Crippen LogP contribution is 2.35. The van der Waals surface area contributed by atoms with Gasteiger partial charge in [-0.15, -0.1) is 12.3 Å². The number of hydrogen-bond donors (Lipinski definition) is 0. The van der Waals surface area contributed by atoms with Crippen LogP contribution in [0.25, 0.3) is 0 Å². The lowest BCUT2D eigenvalue weighted by atomic mass is 9.73. The first kappa shape index (κ1) is 8.33. The van der Waals surface area contributed by atoms with Gasteiger partial charge in [0.15, 0.2) is 0 Å². The van der Waals surface area contributed by atoms with Gasteiger partial charge in [-0.3, -0.25) is 4.79 Å². The Hall–Kier alpha value is -0.770. The van der Waals surface area contributed by atoms with Crippen molar-refractivity contribution in [2.75, 3.05) is 0 Å². The summed E-state index contributed by atoms with van der Waals surface area (Å²) < 4.78 is 0. The fourth-order valence-corrected chi connectivity index (χ4v) is 1.65. The lowest BCUT2D eigenvalue weighted by molar-refractivity contribution is -0.130. The van der Waals surface area contributed by atoms with Crippen LogP contribution >= 0.6 is 0 Å². The largest absolute Gasteiger partial charge is 0.299 e. The third-order valence-electron chi connectivity index (χ3n) is 2.55. The molecule has 0 amide bonds. The molecule has 1 heteroatoms. The van der Waals surface area contributed by atoms with Gasteiger partial charge in [0.25, 0.3) is 0 Å². The van der Waals surface area contributed by atoms with Gasteiger partial charge in [0.2, 0.25) is 0 Å². The maximum Gasteiger partial charge on any atom is 0.139 e. The lowest BCUT2D eigenvalue weighted by Crippen LogP contribution is -2.30. The fourth-order valence-electron chi connectivity index (χ4n) is 1.65. The maximum atomic E-state index is 11.4. The highest BCUT2D eigenvalue weighted by molar-refractivity contribution is 5.85. The first-order valence-corrected chi connectivity index (χ1v) is 4.16. The first-order chi connectivity index (χ1) is 5.19. The van der Waals surface area contributed by atoms with E-state index in [1.54, 1.807) is 0 Å². The Labute approximate surface area is 68.2 Å². The quantitative estimate of drug-likeness (QED) is 0.523. The van der Waals surface area contributed by atoms with Crippen molar-refractivity contribution in [1.29, 1.82) is 0 Å². The van der Waals surface area contributed by atoms with Gasteiger partial charge in [-0.05, 0) is 12.8 Å². The predicted octanol–water partition coefficient (Wildman–Crippen LogP) is 2.16. The van der Waals surface area contributed by atoms with Gasteiger partial charge in [-0.25, -0.2) is 0 Å². The van der Waals surface area contributed by atoms with Crippen LogP contribution < -0.4 is 0 Å². The van der Waals surface area contributed by atoms with Gasteiger partial charge < -0.3 is 0 Å². The number of rotatable bonds is 1. The van der Waals surface area contributed by atoms with Crippen molar-refractivity contribution in [1.82, 2.24) is 0 Å². The van der Waals surface area contributed by atoms with Crippen LogP contribution in [0.15, 0.2) is 0 Å². The zero-order chi connectivity index (χ0) is 8.32. The summed E-state index contributed by atoms with van der Waals surface area (Å²) in [4.78, 5) is 11.4. The van der Waals surface area contributed by atoms with E-state index >= 15 is 0 Å². The summed E-state index contributed by atoms with van der Waals surface area (Å²) >= 11 is 0. The number of ketones is 1. The van der Waals surface area contributed by atoms with Crippen LogP contribution in [-0.4, -0.2) is 5.78 Å². The smallest absolute Gasteiger partial charge is 0.139 e. The second kappa shape index (κ2) is 3.09. The Morgan fingerprint density at radius 1 is 1.64 bits per heavy atom. The van der Waals surface area contributed by atoms with E-state index in [1.165, 1.54) is 0 Å². The van der Waals surface area contributed by atoms with Crippen molar-refractivity contribution in [2.24, 2.45) is 5.41 Å². The molecule has 1 fully saturated rings.